The normalized spacial score (nSPS) is 10.5. The van der Waals surface area contributed by atoms with Gasteiger partial charge in [0, 0.05) is 17.8 Å². The van der Waals surface area contributed by atoms with Crippen LogP contribution in [0.4, 0.5) is 8.78 Å². The molecular weight excluding hydrogens is 384 g/mol. The van der Waals surface area contributed by atoms with Gasteiger partial charge in [-0.2, -0.15) is 5.26 Å². The summed E-state index contributed by atoms with van der Waals surface area (Å²) in [6.07, 6.45) is 0.233. The monoisotopic (exact) mass is 399 g/mol. The Morgan fingerprint density at radius 1 is 1.07 bits per heavy atom. The van der Waals surface area contributed by atoms with Crippen molar-refractivity contribution in [2.75, 3.05) is 12.3 Å². The van der Waals surface area contributed by atoms with Gasteiger partial charge in [0.05, 0.1) is 18.2 Å². The second kappa shape index (κ2) is 9.10. The number of hydrogen-bond acceptors (Lipinski definition) is 5. The van der Waals surface area contributed by atoms with Crippen molar-refractivity contribution in [3.05, 3.63) is 60.2 Å². The summed E-state index contributed by atoms with van der Waals surface area (Å²) in [5, 5.41) is 19.9. The lowest BCUT2D eigenvalue weighted by Crippen LogP contribution is -2.26. The van der Waals surface area contributed by atoms with Crippen LogP contribution in [0.2, 0.25) is 0 Å². The molecule has 0 atom stereocenters. The summed E-state index contributed by atoms with van der Waals surface area (Å²) in [4.78, 5) is 11.9. The summed E-state index contributed by atoms with van der Waals surface area (Å²) in [6.45, 7) is 0.279. The third-order valence-corrected chi connectivity index (χ3v) is 4.64. The van der Waals surface area contributed by atoms with Gasteiger partial charge in [-0.1, -0.05) is 11.8 Å². The largest absolute Gasteiger partial charge is 0.354 e. The first-order valence-electron chi connectivity index (χ1n) is 8.32. The zero-order chi connectivity index (χ0) is 19.9. The summed E-state index contributed by atoms with van der Waals surface area (Å²) >= 11 is 1.16. The lowest BCUT2D eigenvalue weighted by Gasteiger charge is -2.10. The van der Waals surface area contributed by atoms with Gasteiger partial charge in [-0.3, -0.25) is 9.36 Å². The van der Waals surface area contributed by atoms with Gasteiger partial charge in [-0.25, -0.2) is 8.78 Å². The average molecular weight is 399 g/mol. The lowest BCUT2D eigenvalue weighted by atomic mass is 10.2. The zero-order valence-corrected chi connectivity index (χ0v) is 15.4. The summed E-state index contributed by atoms with van der Waals surface area (Å²) < 4.78 is 28.3. The Hall–Kier alpha value is -3.25. The Bertz CT molecular complexity index is 997. The molecule has 0 saturated heterocycles. The lowest BCUT2D eigenvalue weighted by molar-refractivity contribution is -0.118. The number of thioether (sulfide) groups is 1. The molecule has 0 unspecified atom stereocenters. The van der Waals surface area contributed by atoms with E-state index in [0.29, 0.717) is 22.2 Å². The van der Waals surface area contributed by atoms with Gasteiger partial charge in [0.1, 0.15) is 11.6 Å². The Balaban J connectivity index is 1.89. The molecule has 3 rings (SSSR count). The maximum atomic E-state index is 13.3. The average Bonchev–Trinajstić information content (AvgIpc) is 3.12. The van der Waals surface area contributed by atoms with Crippen molar-refractivity contribution in [1.82, 2.24) is 20.1 Å². The molecule has 0 fully saturated rings. The van der Waals surface area contributed by atoms with E-state index in [4.69, 9.17) is 5.26 Å². The summed E-state index contributed by atoms with van der Waals surface area (Å²) in [5.41, 5.74) is 1.24. The molecule has 0 bridgehead atoms. The molecule has 6 nitrogen and oxygen atoms in total. The fourth-order valence-corrected chi connectivity index (χ4v) is 3.19. The van der Waals surface area contributed by atoms with Gasteiger partial charge < -0.3 is 5.32 Å². The molecule has 1 N–H and O–H groups in total. The molecular formula is C19H15F2N5OS. The van der Waals surface area contributed by atoms with Crippen LogP contribution in [0.5, 0.6) is 0 Å². The first-order chi connectivity index (χ1) is 13.6. The second-order valence-electron chi connectivity index (χ2n) is 5.67. The number of nitrogens with one attached hydrogen (secondary N) is 1. The summed E-state index contributed by atoms with van der Waals surface area (Å²) in [7, 11) is 0. The van der Waals surface area contributed by atoms with Crippen LogP contribution >= 0.6 is 11.8 Å². The Morgan fingerprint density at radius 3 is 2.36 bits per heavy atom. The smallest absolute Gasteiger partial charge is 0.230 e. The molecule has 9 heteroatoms. The Morgan fingerprint density at radius 2 is 1.71 bits per heavy atom. The van der Waals surface area contributed by atoms with Gasteiger partial charge in [0.25, 0.3) is 0 Å². The molecule has 0 aliphatic carbocycles. The maximum Gasteiger partial charge on any atom is 0.230 e. The Labute approximate surface area is 164 Å². The molecule has 0 spiro atoms. The number of aromatic nitrogens is 3. The van der Waals surface area contributed by atoms with Crippen molar-refractivity contribution in [1.29, 1.82) is 5.26 Å². The third kappa shape index (κ3) is 4.72. The number of nitriles is 1. The van der Waals surface area contributed by atoms with E-state index >= 15 is 0 Å². The van der Waals surface area contributed by atoms with Crippen molar-refractivity contribution >= 4 is 17.7 Å². The molecule has 0 aliphatic rings. The van der Waals surface area contributed by atoms with E-state index in [2.05, 4.69) is 15.5 Å². The van der Waals surface area contributed by atoms with Crippen LogP contribution in [0, 0.1) is 23.0 Å². The molecule has 28 heavy (non-hydrogen) atoms. The minimum absolute atomic E-state index is 0.0776. The molecule has 1 heterocycles. The highest BCUT2D eigenvalue weighted by molar-refractivity contribution is 7.99. The van der Waals surface area contributed by atoms with E-state index in [1.54, 1.807) is 28.8 Å². The number of benzene rings is 2. The predicted octanol–water partition coefficient (Wildman–Crippen LogP) is 3.33. The molecule has 142 valence electrons. The standard InChI is InChI=1S/C19H15F2N5OS/c20-14-4-2-13(3-5-14)18-24-25-19(28-12-17(27)23-11-1-10-22)26(18)16-8-6-15(21)7-9-16/h2-9H,1,11-12H2,(H,23,27). The maximum absolute atomic E-state index is 13.3. The van der Waals surface area contributed by atoms with Gasteiger partial charge in [0.2, 0.25) is 5.91 Å². The van der Waals surface area contributed by atoms with Crippen molar-refractivity contribution in [3.8, 4) is 23.1 Å². The highest BCUT2D eigenvalue weighted by Gasteiger charge is 2.17. The van der Waals surface area contributed by atoms with E-state index < -0.39 is 0 Å². The number of hydrogen-bond donors (Lipinski definition) is 1. The topological polar surface area (TPSA) is 83.6 Å². The van der Waals surface area contributed by atoms with Crippen LogP contribution in [-0.4, -0.2) is 33.0 Å². The number of carbonyl (C=O) groups excluding carboxylic acids is 1. The number of carbonyl (C=O) groups is 1. The van der Waals surface area contributed by atoms with Crippen molar-refractivity contribution in [3.63, 3.8) is 0 Å². The molecule has 0 saturated carbocycles. The minimum atomic E-state index is -0.383. The quantitative estimate of drug-likeness (QED) is 0.487. The number of halogens is 2. The fourth-order valence-electron chi connectivity index (χ4n) is 2.41. The van der Waals surface area contributed by atoms with Crippen molar-refractivity contribution < 1.29 is 13.6 Å². The van der Waals surface area contributed by atoms with Crippen molar-refractivity contribution in [2.45, 2.75) is 11.6 Å². The van der Waals surface area contributed by atoms with Crippen molar-refractivity contribution in [2.24, 2.45) is 0 Å². The van der Waals surface area contributed by atoms with E-state index in [1.165, 1.54) is 24.3 Å². The highest BCUT2D eigenvalue weighted by atomic mass is 32.2. The SMILES string of the molecule is N#CCCNC(=O)CSc1nnc(-c2ccc(F)cc2)n1-c1ccc(F)cc1. The number of nitrogens with zero attached hydrogens (tertiary/aromatic N) is 4. The van der Waals surface area contributed by atoms with E-state index in [-0.39, 0.29) is 36.3 Å². The minimum Gasteiger partial charge on any atom is -0.354 e. The molecule has 2 aromatic carbocycles. The van der Waals surface area contributed by atoms with Crippen LogP contribution in [0.25, 0.3) is 17.1 Å². The molecule has 3 aromatic rings. The van der Waals surface area contributed by atoms with Crippen LogP contribution in [0.1, 0.15) is 6.42 Å². The zero-order valence-electron chi connectivity index (χ0n) is 14.6. The van der Waals surface area contributed by atoms with E-state index in [9.17, 15) is 13.6 Å². The predicted molar refractivity (Wildman–Crippen MR) is 101 cm³/mol. The molecule has 1 aromatic heterocycles. The number of amides is 1. The third-order valence-electron chi connectivity index (χ3n) is 3.71. The van der Waals surface area contributed by atoms with Crippen LogP contribution in [0.3, 0.4) is 0 Å². The van der Waals surface area contributed by atoms with E-state index in [1.807, 2.05) is 6.07 Å². The van der Waals surface area contributed by atoms with Gasteiger partial charge in [-0.05, 0) is 48.5 Å². The Kier molecular flexibility index (Phi) is 6.34. The molecule has 0 aliphatic heterocycles. The van der Waals surface area contributed by atoms with Gasteiger partial charge >= 0.3 is 0 Å². The first-order valence-corrected chi connectivity index (χ1v) is 9.31. The van der Waals surface area contributed by atoms with Crippen LogP contribution in [-0.2, 0) is 4.79 Å². The summed E-state index contributed by atoms with van der Waals surface area (Å²) in [6, 6.07) is 13.5. The summed E-state index contributed by atoms with van der Waals surface area (Å²) in [5.74, 6) is -0.476. The first kappa shape index (κ1) is 19.5. The molecule has 0 radical (unpaired) electrons. The van der Waals surface area contributed by atoms with E-state index in [0.717, 1.165) is 11.8 Å². The molecule has 1 amide bonds. The fraction of sp³-hybridized carbons (Fsp3) is 0.158. The van der Waals surface area contributed by atoms with Crippen LogP contribution < -0.4 is 5.32 Å². The van der Waals surface area contributed by atoms with Gasteiger partial charge in [0.15, 0.2) is 11.0 Å². The number of rotatable bonds is 7. The second-order valence-corrected chi connectivity index (χ2v) is 6.61. The van der Waals surface area contributed by atoms with Gasteiger partial charge in [-0.15, -0.1) is 10.2 Å². The highest BCUT2D eigenvalue weighted by Crippen LogP contribution is 2.28. The van der Waals surface area contributed by atoms with Crippen LogP contribution in [0.15, 0.2) is 53.7 Å².